The first-order valence-electron chi connectivity index (χ1n) is 10.1. The average molecular weight is 387 g/mol. The molecule has 152 valence electrons. The fraction of sp³-hybridized carbons (Fsp3) is 0.571. The summed E-state index contributed by atoms with van der Waals surface area (Å²) in [7, 11) is 0. The van der Waals surface area contributed by atoms with E-state index in [-0.39, 0.29) is 23.8 Å². The van der Waals surface area contributed by atoms with E-state index in [4.69, 9.17) is 4.74 Å². The minimum absolute atomic E-state index is 0.0979. The molecule has 0 saturated carbocycles. The van der Waals surface area contributed by atoms with E-state index in [0.717, 1.165) is 6.42 Å². The molecular weight excluding hydrogens is 358 g/mol. The van der Waals surface area contributed by atoms with Gasteiger partial charge in [0.2, 0.25) is 11.8 Å². The van der Waals surface area contributed by atoms with Gasteiger partial charge in [-0.05, 0) is 25.3 Å². The maximum atomic E-state index is 12.9. The summed E-state index contributed by atoms with van der Waals surface area (Å²) >= 11 is 0. The number of ether oxygens (including phenoxy) is 1. The van der Waals surface area contributed by atoms with Crippen LogP contribution in [0.4, 0.5) is 4.79 Å². The second kappa shape index (κ2) is 9.57. The minimum Gasteiger partial charge on any atom is -0.450 e. The molecular formula is C21H29N3O4. The first kappa shape index (κ1) is 20.2. The highest BCUT2D eigenvalue weighted by atomic mass is 16.6. The number of carbonyl (C=O) groups is 3. The van der Waals surface area contributed by atoms with Gasteiger partial charge >= 0.3 is 6.09 Å². The molecule has 1 aromatic carbocycles. The van der Waals surface area contributed by atoms with E-state index in [1.54, 1.807) is 11.8 Å². The number of piperidine rings is 1. The molecule has 0 unspecified atom stereocenters. The van der Waals surface area contributed by atoms with Crippen LogP contribution in [0.5, 0.6) is 0 Å². The van der Waals surface area contributed by atoms with Gasteiger partial charge in [-0.25, -0.2) is 4.79 Å². The molecule has 7 nitrogen and oxygen atoms in total. The number of likely N-dealkylation sites (tertiary alicyclic amines) is 1. The first-order chi connectivity index (χ1) is 13.6. The average Bonchev–Trinajstić information content (AvgIpc) is 2.73. The third-order valence-corrected chi connectivity index (χ3v) is 5.48. The Morgan fingerprint density at radius 2 is 1.75 bits per heavy atom. The van der Waals surface area contributed by atoms with Crippen molar-refractivity contribution in [2.45, 2.75) is 26.2 Å². The number of nitrogens with zero attached hydrogens (tertiary/aromatic N) is 3. The molecule has 2 fully saturated rings. The quantitative estimate of drug-likeness (QED) is 0.772. The predicted octanol–water partition coefficient (Wildman–Crippen LogP) is 1.77. The van der Waals surface area contributed by atoms with Crippen LogP contribution in [0.25, 0.3) is 0 Å². The monoisotopic (exact) mass is 387 g/mol. The van der Waals surface area contributed by atoms with Gasteiger partial charge in [-0.1, -0.05) is 30.3 Å². The van der Waals surface area contributed by atoms with Crippen molar-refractivity contribution in [3.63, 3.8) is 0 Å². The van der Waals surface area contributed by atoms with E-state index >= 15 is 0 Å². The Balaban J connectivity index is 1.50. The van der Waals surface area contributed by atoms with E-state index in [1.165, 1.54) is 5.56 Å². The van der Waals surface area contributed by atoms with Crippen molar-refractivity contribution in [2.24, 2.45) is 5.92 Å². The maximum absolute atomic E-state index is 12.9. The highest BCUT2D eigenvalue weighted by Gasteiger charge is 2.34. The largest absolute Gasteiger partial charge is 0.450 e. The SMILES string of the molecule is CCOC(=O)N1CCN(C(=O)[C@@H]2CCC(=O)N(CCc3ccccc3)C2)CC1. The normalized spacial score (nSPS) is 20.2. The Labute approximate surface area is 166 Å². The fourth-order valence-electron chi connectivity index (χ4n) is 3.82. The minimum atomic E-state index is -0.315. The Hall–Kier alpha value is -2.57. The molecule has 2 saturated heterocycles. The molecule has 2 heterocycles. The third kappa shape index (κ3) is 5.03. The van der Waals surface area contributed by atoms with Crippen molar-refractivity contribution in [3.05, 3.63) is 35.9 Å². The van der Waals surface area contributed by atoms with Crippen LogP contribution in [0.2, 0.25) is 0 Å². The van der Waals surface area contributed by atoms with Crippen molar-refractivity contribution in [1.82, 2.24) is 14.7 Å². The van der Waals surface area contributed by atoms with Crippen LogP contribution in [-0.2, 0) is 20.7 Å². The highest BCUT2D eigenvalue weighted by Crippen LogP contribution is 2.21. The summed E-state index contributed by atoms with van der Waals surface area (Å²) in [6.45, 7) is 5.30. The molecule has 7 heteroatoms. The molecule has 1 aromatic rings. The van der Waals surface area contributed by atoms with Gasteiger partial charge in [0, 0.05) is 45.7 Å². The molecule has 3 rings (SSSR count). The zero-order valence-electron chi connectivity index (χ0n) is 16.5. The summed E-state index contributed by atoms with van der Waals surface area (Å²) in [5.41, 5.74) is 1.19. The van der Waals surface area contributed by atoms with Crippen LogP contribution in [0.15, 0.2) is 30.3 Å². The number of carbonyl (C=O) groups excluding carboxylic acids is 3. The molecule has 0 radical (unpaired) electrons. The van der Waals surface area contributed by atoms with Crippen molar-refractivity contribution in [3.8, 4) is 0 Å². The molecule has 0 spiro atoms. The zero-order chi connectivity index (χ0) is 19.9. The van der Waals surface area contributed by atoms with Crippen molar-refractivity contribution >= 4 is 17.9 Å². The lowest BCUT2D eigenvalue weighted by Gasteiger charge is -2.38. The van der Waals surface area contributed by atoms with Gasteiger partial charge in [-0.2, -0.15) is 0 Å². The summed E-state index contributed by atoms with van der Waals surface area (Å²) in [6, 6.07) is 10.1. The summed E-state index contributed by atoms with van der Waals surface area (Å²) in [4.78, 5) is 42.3. The van der Waals surface area contributed by atoms with Crippen LogP contribution in [-0.4, -0.2) is 78.5 Å². The third-order valence-electron chi connectivity index (χ3n) is 5.48. The van der Waals surface area contributed by atoms with Gasteiger partial charge in [-0.15, -0.1) is 0 Å². The Kier molecular flexibility index (Phi) is 6.90. The van der Waals surface area contributed by atoms with Crippen molar-refractivity contribution in [2.75, 3.05) is 45.9 Å². The van der Waals surface area contributed by atoms with Gasteiger partial charge in [0.15, 0.2) is 0 Å². The molecule has 3 amide bonds. The molecule has 0 bridgehead atoms. The van der Waals surface area contributed by atoms with Crippen LogP contribution in [0.3, 0.4) is 0 Å². The van der Waals surface area contributed by atoms with Crippen LogP contribution in [0.1, 0.15) is 25.3 Å². The van der Waals surface area contributed by atoms with Crippen LogP contribution >= 0.6 is 0 Å². The number of piperazine rings is 1. The van der Waals surface area contributed by atoms with Gasteiger partial charge in [0.05, 0.1) is 12.5 Å². The van der Waals surface area contributed by atoms with E-state index in [1.807, 2.05) is 28.0 Å². The van der Waals surface area contributed by atoms with Crippen LogP contribution in [0, 0.1) is 5.92 Å². The fourth-order valence-corrected chi connectivity index (χ4v) is 3.82. The van der Waals surface area contributed by atoms with Gasteiger partial charge in [0.25, 0.3) is 0 Å². The Morgan fingerprint density at radius 1 is 1.07 bits per heavy atom. The topological polar surface area (TPSA) is 70.2 Å². The zero-order valence-corrected chi connectivity index (χ0v) is 16.5. The van der Waals surface area contributed by atoms with Crippen molar-refractivity contribution in [1.29, 1.82) is 0 Å². The van der Waals surface area contributed by atoms with E-state index in [2.05, 4.69) is 12.1 Å². The molecule has 2 aliphatic rings. The predicted molar refractivity (Wildman–Crippen MR) is 105 cm³/mol. The van der Waals surface area contributed by atoms with E-state index in [9.17, 15) is 14.4 Å². The number of amides is 3. The Morgan fingerprint density at radius 3 is 2.43 bits per heavy atom. The van der Waals surface area contributed by atoms with Crippen LogP contribution < -0.4 is 0 Å². The second-order valence-corrected chi connectivity index (χ2v) is 7.32. The van der Waals surface area contributed by atoms with E-state index in [0.29, 0.717) is 58.7 Å². The molecule has 0 aromatic heterocycles. The molecule has 0 N–H and O–H groups in total. The number of hydrogen-bond acceptors (Lipinski definition) is 4. The molecule has 1 atom stereocenters. The molecule has 28 heavy (non-hydrogen) atoms. The summed E-state index contributed by atoms with van der Waals surface area (Å²) in [5, 5.41) is 0. The Bertz CT molecular complexity index is 686. The summed E-state index contributed by atoms with van der Waals surface area (Å²) < 4.78 is 5.02. The maximum Gasteiger partial charge on any atom is 0.409 e. The smallest absolute Gasteiger partial charge is 0.409 e. The lowest BCUT2D eigenvalue weighted by molar-refractivity contribution is -0.144. The second-order valence-electron chi connectivity index (χ2n) is 7.32. The molecule has 0 aliphatic carbocycles. The number of hydrogen-bond donors (Lipinski definition) is 0. The lowest BCUT2D eigenvalue weighted by Crippen LogP contribution is -2.54. The van der Waals surface area contributed by atoms with Crippen molar-refractivity contribution < 1.29 is 19.1 Å². The first-order valence-corrected chi connectivity index (χ1v) is 10.1. The lowest BCUT2D eigenvalue weighted by atomic mass is 9.95. The highest BCUT2D eigenvalue weighted by molar-refractivity contribution is 5.84. The number of benzene rings is 1. The summed E-state index contributed by atoms with van der Waals surface area (Å²) in [6.07, 6.45) is 1.52. The standard InChI is InChI=1S/C21H29N3O4/c1-2-28-21(27)23-14-12-22(13-15-23)20(26)18-8-9-19(25)24(16-18)11-10-17-6-4-3-5-7-17/h3-7,18H,2,8-16H2,1H3/t18-/m1/s1. The summed E-state index contributed by atoms with van der Waals surface area (Å²) in [5.74, 6) is 0.0791. The number of rotatable bonds is 5. The van der Waals surface area contributed by atoms with Gasteiger partial charge < -0.3 is 19.4 Å². The van der Waals surface area contributed by atoms with Gasteiger partial charge in [0.1, 0.15) is 0 Å². The molecule has 2 aliphatic heterocycles. The van der Waals surface area contributed by atoms with Gasteiger partial charge in [-0.3, -0.25) is 9.59 Å². The van der Waals surface area contributed by atoms with E-state index < -0.39 is 0 Å².